The fourth-order valence-electron chi connectivity index (χ4n) is 1.64. The molecule has 0 saturated heterocycles. The summed E-state index contributed by atoms with van der Waals surface area (Å²) in [5.74, 6) is 0.795. The number of ether oxygens (including phenoxy) is 1. The van der Waals surface area contributed by atoms with Crippen LogP contribution in [0.25, 0.3) is 0 Å². The lowest BCUT2D eigenvalue weighted by Crippen LogP contribution is -2.38. The lowest BCUT2D eigenvalue weighted by atomic mass is 10.3. The highest BCUT2D eigenvalue weighted by Gasteiger charge is 2.26. The molecule has 1 aromatic carbocycles. The number of rotatable bonds is 6. The Kier molecular flexibility index (Phi) is 4.62. The Morgan fingerprint density at radius 1 is 1.31 bits per heavy atom. The van der Waals surface area contributed by atoms with Gasteiger partial charge < -0.3 is 10.5 Å². The van der Waals surface area contributed by atoms with Crippen molar-refractivity contribution in [3.63, 3.8) is 0 Å². The second-order valence-electron chi connectivity index (χ2n) is 4.10. The molecule has 1 aromatic rings. The predicted molar refractivity (Wildman–Crippen MR) is 73.3 cm³/mol. The van der Waals surface area contributed by atoms with Gasteiger partial charge in [0.1, 0.15) is 13.8 Å². The molecular formula is C13H21NOSi. The minimum absolute atomic E-state index is 0.710. The average molecular weight is 235 g/mol. The van der Waals surface area contributed by atoms with Crippen LogP contribution in [0, 0.1) is 0 Å². The molecular weight excluding hydrogens is 214 g/mol. The number of anilines is 1. The number of nitrogens with two attached hydrogens (primary N) is 1. The fraction of sp³-hybridized carbons (Fsp3) is 0.385. The molecule has 0 atom stereocenters. The standard InChI is InChI=1S/C13H21NOSi/c1-4-16(5-2,6-3)11-15-13-10-8-7-9-12(13)14/h4,7-10H,1,5-6,11,14H2,2-3H3. The number of hydrogen-bond acceptors (Lipinski definition) is 2. The van der Waals surface area contributed by atoms with E-state index >= 15 is 0 Å². The third-order valence-electron chi connectivity index (χ3n) is 3.28. The van der Waals surface area contributed by atoms with Crippen molar-refractivity contribution in [2.45, 2.75) is 25.9 Å². The van der Waals surface area contributed by atoms with Gasteiger partial charge in [-0.15, -0.1) is 6.58 Å². The quantitative estimate of drug-likeness (QED) is 0.606. The van der Waals surface area contributed by atoms with Crippen LogP contribution >= 0.6 is 0 Å². The molecule has 0 bridgehead atoms. The van der Waals surface area contributed by atoms with E-state index in [9.17, 15) is 0 Å². The van der Waals surface area contributed by atoms with E-state index in [0.717, 1.165) is 12.0 Å². The number of nitrogen functional groups attached to an aromatic ring is 1. The average Bonchev–Trinajstić information content (AvgIpc) is 2.34. The van der Waals surface area contributed by atoms with Crippen LogP contribution in [0.4, 0.5) is 5.69 Å². The summed E-state index contributed by atoms with van der Waals surface area (Å²) in [4.78, 5) is 0. The Labute approximate surface area is 99.1 Å². The third-order valence-corrected chi connectivity index (χ3v) is 7.68. The first-order chi connectivity index (χ1) is 7.67. The molecule has 0 spiro atoms. The first kappa shape index (κ1) is 12.8. The van der Waals surface area contributed by atoms with E-state index in [1.54, 1.807) is 0 Å². The van der Waals surface area contributed by atoms with Gasteiger partial charge in [-0.05, 0) is 12.1 Å². The van der Waals surface area contributed by atoms with Crippen LogP contribution in [0.5, 0.6) is 5.75 Å². The lowest BCUT2D eigenvalue weighted by molar-refractivity contribution is 0.379. The molecule has 0 saturated carbocycles. The Bertz CT molecular complexity index is 348. The topological polar surface area (TPSA) is 35.2 Å². The minimum Gasteiger partial charge on any atom is -0.495 e. The first-order valence-corrected chi connectivity index (χ1v) is 8.48. The molecule has 2 N–H and O–H groups in total. The Morgan fingerprint density at radius 3 is 2.44 bits per heavy atom. The summed E-state index contributed by atoms with van der Waals surface area (Å²) in [5, 5.41) is 0. The molecule has 88 valence electrons. The zero-order valence-corrected chi connectivity index (χ0v) is 11.2. The molecule has 0 aliphatic rings. The summed E-state index contributed by atoms with van der Waals surface area (Å²) in [7, 11) is -1.44. The van der Waals surface area contributed by atoms with Crippen LogP contribution in [0.3, 0.4) is 0 Å². The highest BCUT2D eigenvalue weighted by molar-refractivity contribution is 6.84. The van der Waals surface area contributed by atoms with Crippen LogP contribution in [-0.4, -0.2) is 14.3 Å². The summed E-state index contributed by atoms with van der Waals surface area (Å²) < 4.78 is 5.84. The molecule has 16 heavy (non-hydrogen) atoms. The largest absolute Gasteiger partial charge is 0.495 e. The van der Waals surface area contributed by atoms with Gasteiger partial charge in [-0.2, -0.15) is 0 Å². The van der Waals surface area contributed by atoms with Gasteiger partial charge in [-0.25, -0.2) is 0 Å². The van der Waals surface area contributed by atoms with Crippen molar-refractivity contribution in [1.82, 2.24) is 0 Å². The van der Waals surface area contributed by atoms with E-state index < -0.39 is 8.07 Å². The van der Waals surface area contributed by atoms with Crippen LogP contribution in [0.1, 0.15) is 13.8 Å². The van der Waals surface area contributed by atoms with Crippen molar-refractivity contribution >= 4 is 13.8 Å². The van der Waals surface area contributed by atoms with E-state index in [0.29, 0.717) is 5.69 Å². The molecule has 3 heteroatoms. The Hall–Kier alpha value is -1.22. The van der Waals surface area contributed by atoms with Gasteiger partial charge in [0.2, 0.25) is 0 Å². The van der Waals surface area contributed by atoms with Crippen molar-refractivity contribution in [2.75, 3.05) is 12.0 Å². The number of hydrogen-bond donors (Lipinski definition) is 1. The lowest BCUT2D eigenvalue weighted by Gasteiger charge is -2.25. The molecule has 0 aromatic heterocycles. The maximum Gasteiger partial charge on any atom is 0.141 e. The number of benzene rings is 1. The molecule has 0 radical (unpaired) electrons. The summed E-state index contributed by atoms with van der Waals surface area (Å²) in [6, 6.07) is 9.98. The van der Waals surface area contributed by atoms with E-state index in [2.05, 4.69) is 26.1 Å². The molecule has 1 rings (SSSR count). The molecule has 0 aliphatic heterocycles. The van der Waals surface area contributed by atoms with Gasteiger partial charge in [0.05, 0.1) is 11.9 Å². The summed E-state index contributed by atoms with van der Waals surface area (Å²) in [5.41, 5.74) is 8.68. The van der Waals surface area contributed by atoms with E-state index in [-0.39, 0.29) is 0 Å². The Balaban J connectivity index is 2.70. The summed E-state index contributed by atoms with van der Waals surface area (Å²) in [6.45, 7) is 8.39. The Morgan fingerprint density at radius 2 is 1.94 bits per heavy atom. The summed E-state index contributed by atoms with van der Waals surface area (Å²) in [6.07, 6.45) is 0.776. The van der Waals surface area contributed by atoms with E-state index in [4.69, 9.17) is 10.5 Å². The highest BCUT2D eigenvalue weighted by Crippen LogP contribution is 2.23. The van der Waals surface area contributed by atoms with E-state index in [1.165, 1.54) is 12.1 Å². The normalized spacial score (nSPS) is 11.1. The second kappa shape index (κ2) is 5.75. The smallest absolute Gasteiger partial charge is 0.141 e. The molecule has 0 unspecified atom stereocenters. The zero-order valence-electron chi connectivity index (χ0n) is 10.2. The van der Waals surface area contributed by atoms with Crippen molar-refractivity contribution in [3.05, 3.63) is 36.5 Å². The van der Waals surface area contributed by atoms with Gasteiger partial charge in [0.15, 0.2) is 0 Å². The third kappa shape index (κ3) is 2.89. The number of para-hydroxylation sites is 2. The highest BCUT2D eigenvalue weighted by atomic mass is 28.3. The minimum atomic E-state index is -1.44. The van der Waals surface area contributed by atoms with Crippen LogP contribution < -0.4 is 10.5 Å². The van der Waals surface area contributed by atoms with Crippen molar-refractivity contribution in [2.24, 2.45) is 0 Å². The molecule has 2 nitrogen and oxygen atoms in total. The van der Waals surface area contributed by atoms with E-state index in [1.807, 2.05) is 24.3 Å². The predicted octanol–water partition coefficient (Wildman–Crippen LogP) is 3.40. The van der Waals surface area contributed by atoms with Crippen molar-refractivity contribution < 1.29 is 4.74 Å². The van der Waals surface area contributed by atoms with Gasteiger partial charge in [-0.3, -0.25) is 0 Å². The van der Waals surface area contributed by atoms with Crippen molar-refractivity contribution in [3.8, 4) is 5.75 Å². The van der Waals surface area contributed by atoms with Gasteiger partial charge in [0.25, 0.3) is 0 Å². The van der Waals surface area contributed by atoms with Gasteiger partial charge in [-0.1, -0.05) is 43.8 Å². The molecule has 0 aliphatic carbocycles. The van der Waals surface area contributed by atoms with Crippen LogP contribution in [0.2, 0.25) is 12.1 Å². The maximum absolute atomic E-state index is 5.84. The second-order valence-corrected chi connectivity index (χ2v) is 8.94. The first-order valence-electron chi connectivity index (χ1n) is 5.78. The molecule has 0 amide bonds. The molecule has 0 fully saturated rings. The van der Waals surface area contributed by atoms with Crippen molar-refractivity contribution in [1.29, 1.82) is 0 Å². The SMILES string of the molecule is C=C[Si](CC)(CC)COc1ccccc1N. The monoisotopic (exact) mass is 235 g/mol. The van der Waals surface area contributed by atoms with Gasteiger partial charge >= 0.3 is 0 Å². The zero-order chi connectivity index (χ0) is 12.0. The maximum atomic E-state index is 5.84. The van der Waals surface area contributed by atoms with Crippen LogP contribution in [-0.2, 0) is 0 Å². The fourth-order valence-corrected chi connectivity index (χ4v) is 3.68. The molecule has 0 heterocycles. The summed E-state index contributed by atoms with van der Waals surface area (Å²) >= 11 is 0. The van der Waals surface area contributed by atoms with Gasteiger partial charge in [0, 0.05) is 0 Å². The van der Waals surface area contributed by atoms with Crippen LogP contribution in [0.15, 0.2) is 36.5 Å².